The first-order valence-electron chi connectivity index (χ1n) is 5.02. The van der Waals surface area contributed by atoms with Gasteiger partial charge >= 0.3 is 5.97 Å². The zero-order valence-electron chi connectivity index (χ0n) is 9.43. The number of carbonyl (C=O) groups is 1. The van der Waals surface area contributed by atoms with E-state index in [9.17, 15) is 9.18 Å². The van der Waals surface area contributed by atoms with Crippen molar-refractivity contribution in [2.75, 3.05) is 7.11 Å². The van der Waals surface area contributed by atoms with Crippen LogP contribution in [0.3, 0.4) is 0 Å². The normalized spacial score (nSPS) is 10.4. The van der Waals surface area contributed by atoms with Crippen LogP contribution in [0.4, 0.5) is 4.39 Å². The average Bonchev–Trinajstić information content (AvgIpc) is 2.81. The summed E-state index contributed by atoms with van der Waals surface area (Å²) in [6.45, 7) is 0.190. The van der Waals surface area contributed by atoms with Crippen molar-refractivity contribution < 1.29 is 13.9 Å². The minimum Gasteiger partial charge on any atom is -0.464 e. The van der Waals surface area contributed by atoms with Gasteiger partial charge in [-0.05, 0) is 18.2 Å². The predicted octanol–water partition coefficient (Wildman–Crippen LogP) is 2.01. The summed E-state index contributed by atoms with van der Waals surface area (Å²) >= 11 is 3.26. The molecule has 0 spiro atoms. The van der Waals surface area contributed by atoms with E-state index in [-0.39, 0.29) is 18.1 Å². The van der Waals surface area contributed by atoms with Gasteiger partial charge < -0.3 is 4.74 Å². The molecule has 1 aromatic heterocycles. The molecule has 0 atom stereocenters. The second kappa shape index (κ2) is 5.26. The highest BCUT2D eigenvalue weighted by molar-refractivity contribution is 9.10. The molecular formula is C11H9BrFN3O2. The van der Waals surface area contributed by atoms with Crippen LogP contribution in [0.15, 0.2) is 28.9 Å². The monoisotopic (exact) mass is 313 g/mol. The van der Waals surface area contributed by atoms with Crippen molar-refractivity contribution in [3.63, 3.8) is 0 Å². The molecule has 0 bridgehead atoms. The Morgan fingerprint density at radius 1 is 1.56 bits per heavy atom. The summed E-state index contributed by atoms with van der Waals surface area (Å²) in [4.78, 5) is 11.2. The Hall–Kier alpha value is -1.76. The first kappa shape index (κ1) is 12.7. The molecule has 0 fully saturated rings. The second-order valence-corrected chi connectivity index (χ2v) is 4.44. The Bertz CT molecular complexity index is 585. The number of rotatable bonds is 3. The van der Waals surface area contributed by atoms with Crippen molar-refractivity contribution >= 4 is 21.9 Å². The van der Waals surface area contributed by atoms with Crippen LogP contribution in [0.2, 0.25) is 0 Å². The molecule has 94 valence electrons. The van der Waals surface area contributed by atoms with Crippen molar-refractivity contribution in [2.24, 2.45) is 0 Å². The molecule has 0 aliphatic carbocycles. The molecule has 1 heterocycles. The van der Waals surface area contributed by atoms with Crippen LogP contribution in [-0.2, 0) is 11.3 Å². The molecule has 0 amide bonds. The highest BCUT2D eigenvalue weighted by atomic mass is 79.9. The SMILES string of the molecule is COC(=O)c1cn(Cc2cc(Br)ccc2F)nn1. The number of esters is 1. The zero-order chi connectivity index (χ0) is 13.1. The van der Waals surface area contributed by atoms with Crippen molar-refractivity contribution in [3.8, 4) is 0 Å². The Morgan fingerprint density at radius 2 is 2.33 bits per heavy atom. The molecule has 0 N–H and O–H groups in total. The van der Waals surface area contributed by atoms with Crippen LogP contribution in [0.1, 0.15) is 16.1 Å². The summed E-state index contributed by atoms with van der Waals surface area (Å²) in [6.07, 6.45) is 1.41. The minimum absolute atomic E-state index is 0.0907. The lowest BCUT2D eigenvalue weighted by molar-refractivity contribution is 0.0594. The van der Waals surface area contributed by atoms with Crippen molar-refractivity contribution in [1.82, 2.24) is 15.0 Å². The van der Waals surface area contributed by atoms with E-state index in [2.05, 4.69) is 31.0 Å². The quantitative estimate of drug-likeness (QED) is 0.813. The van der Waals surface area contributed by atoms with Crippen molar-refractivity contribution in [1.29, 1.82) is 0 Å². The fraction of sp³-hybridized carbons (Fsp3) is 0.182. The molecule has 0 radical (unpaired) electrons. The van der Waals surface area contributed by atoms with Crippen molar-refractivity contribution in [3.05, 3.63) is 45.9 Å². The van der Waals surface area contributed by atoms with Crippen LogP contribution in [0, 0.1) is 5.82 Å². The summed E-state index contributed by atoms with van der Waals surface area (Å²) in [6, 6.07) is 4.62. The Morgan fingerprint density at radius 3 is 3.06 bits per heavy atom. The smallest absolute Gasteiger partial charge is 0.360 e. The molecule has 1 aromatic carbocycles. The lowest BCUT2D eigenvalue weighted by atomic mass is 10.2. The molecule has 0 aliphatic heterocycles. The summed E-state index contributed by atoms with van der Waals surface area (Å²) in [5.41, 5.74) is 0.540. The third-order valence-electron chi connectivity index (χ3n) is 2.27. The number of carbonyl (C=O) groups excluding carboxylic acids is 1. The van der Waals surface area contributed by atoms with Crippen LogP contribution >= 0.6 is 15.9 Å². The molecule has 7 heteroatoms. The number of halogens is 2. The molecule has 0 unspecified atom stereocenters. The molecule has 0 aliphatic rings. The van der Waals surface area contributed by atoms with E-state index in [1.807, 2.05) is 0 Å². The number of methoxy groups -OCH3 is 1. The van der Waals surface area contributed by atoms with E-state index < -0.39 is 5.97 Å². The number of benzene rings is 1. The molecule has 18 heavy (non-hydrogen) atoms. The molecule has 2 rings (SSSR count). The van der Waals surface area contributed by atoms with Gasteiger partial charge in [-0.2, -0.15) is 0 Å². The third kappa shape index (κ3) is 2.73. The van der Waals surface area contributed by atoms with E-state index in [4.69, 9.17) is 0 Å². The number of hydrogen-bond acceptors (Lipinski definition) is 4. The standard InChI is InChI=1S/C11H9BrFN3O2/c1-18-11(17)10-6-16(15-14-10)5-7-4-8(12)2-3-9(7)13/h2-4,6H,5H2,1H3. The number of aromatic nitrogens is 3. The van der Waals surface area contributed by atoms with Gasteiger partial charge in [-0.3, -0.25) is 0 Å². The lowest BCUT2D eigenvalue weighted by Gasteiger charge is -2.03. The van der Waals surface area contributed by atoms with Crippen LogP contribution in [-0.4, -0.2) is 28.1 Å². The van der Waals surface area contributed by atoms with Gasteiger partial charge in [-0.1, -0.05) is 21.1 Å². The molecule has 0 saturated carbocycles. The summed E-state index contributed by atoms with van der Waals surface area (Å²) in [5.74, 6) is -0.913. The van der Waals surface area contributed by atoms with Gasteiger partial charge in [-0.25, -0.2) is 13.9 Å². The average molecular weight is 314 g/mol. The van der Waals surface area contributed by atoms with E-state index in [0.717, 1.165) is 4.47 Å². The minimum atomic E-state index is -0.573. The maximum absolute atomic E-state index is 13.5. The number of ether oxygens (including phenoxy) is 1. The van der Waals surface area contributed by atoms with Gasteiger partial charge in [0.25, 0.3) is 0 Å². The Labute approximate surface area is 111 Å². The van der Waals surface area contributed by atoms with Crippen LogP contribution in [0.5, 0.6) is 0 Å². The zero-order valence-corrected chi connectivity index (χ0v) is 11.0. The summed E-state index contributed by atoms with van der Waals surface area (Å²) in [7, 11) is 1.26. The van der Waals surface area contributed by atoms with Gasteiger partial charge in [0, 0.05) is 10.0 Å². The van der Waals surface area contributed by atoms with E-state index in [0.29, 0.717) is 5.56 Å². The lowest BCUT2D eigenvalue weighted by Crippen LogP contribution is -2.03. The van der Waals surface area contributed by atoms with Crippen molar-refractivity contribution in [2.45, 2.75) is 6.54 Å². The first-order chi connectivity index (χ1) is 8.60. The molecule has 2 aromatic rings. The largest absolute Gasteiger partial charge is 0.464 e. The fourth-order valence-corrected chi connectivity index (χ4v) is 1.82. The van der Waals surface area contributed by atoms with Gasteiger partial charge in [0.2, 0.25) is 0 Å². The van der Waals surface area contributed by atoms with E-state index >= 15 is 0 Å². The van der Waals surface area contributed by atoms with E-state index in [1.165, 1.54) is 24.1 Å². The molecular weight excluding hydrogens is 305 g/mol. The summed E-state index contributed by atoms with van der Waals surface area (Å²) in [5, 5.41) is 7.37. The Balaban J connectivity index is 2.21. The van der Waals surface area contributed by atoms with Crippen LogP contribution < -0.4 is 0 Å². The summed E-state index contributed by atoms with van der Waals surface area (Å²) < 4.78 is 20.2. The van der Waals surface area contributed by atoms with Gasteiger partial charge in [0.1, 0.15) is 5.82 Å². The third-order valence-corrected chi connectivity index (χ3v) is 2.77. The topological polar surface area (TPSA) is 57.0 Å². The highest BCUT2D eigenvalue weighted by Crippen LogP contribution is 2.16. The predicted molar refractivity (Wildman–Crippen MR) is 64.6 cm³/mol. The maximum atomic E-state index is 13.5. The van der Waals surface area contributed by atoms with Gasteiger partial charge in [-0.15, -0.1) is 5.10 Å². The fourth-order valence-electron chi connectivity index (χ4n) is 1.41. The molecule has 0 saturated heterocycles. The van der Waals surface area contributed by atoms with Gasteiger partial charge in [0.05, 0.1) is 19.9 Å². The molecule has 5 nitrogen and oxygen atoms in total. The number of hydrogen-bond donors (Lipinski definition) is 0. The number of nitrogens with zero attached hydrogens (tertiary/aromatic N) is 3. The van der Waals surface area contributed by atoms with Gasteiger partial charge in [0.15, 0.2) is 5.69 Å². The maximum Gasteiger partial charge on any atom is 0.360 e. The first-order valence-corrected chi connectivity index (χ1v) is 5.82. The Kier molecular flexibility index (Phi) is 3.71. The van der Waals surface area contributed by atoms with Crippen LogP contribution in [0.25, 0.3) is 0 Å². The van der Waals surface area contributed by atoms with E-state index in [1.54, 1.807) is 12.1 Å². The highest BCUT2D eigenvalue weighted by Gasteiger charge is 2.11. The second-order valence-electron chi connectivity index (χ2n) is 3.53.